The maximum absolute atomic E-state index is 13.5. The maximum atomic E-state index is 13.5. The summed E-state index contributed by atoms with van der Waals surface area (Å²) in [4.78, 5) is 52.8. The third-order valence-electron chi connectivity index (χ3n) is 9.38. The Morgan fingerprint density at radius 3 is 2.26 bits per heavy atom. The highest BCUT2D eigenvalue weighted by atomic mass is 16.6. The normalized spacial score (nSPS) is 20.2. The topological polar surface area (TPSA) is 143 Å². The molecule has 50 heavy (non-hydrogen) atoms. The number of allylic oxidation sites excluding steroid dienone is 2. The molecule has 4 N–H and O–H groups in total. The summed E-state index contributed by atoms with van der Waals surface area (Å²) in [6.45, 7) is 3.59. The molecule has 0 bridgehead atoms. The first-order chi connectivity index (χ1) is 24.2. The summed E-state index contributed by atoms with van der Waals surface area (Å²) in [6.07, 6.45) is 4.31. The Bertz CT molecular complexity index is 1610. The van der Waals surface area contributed by atoms with Crippen LogP contribution in [-0.4, -0.2) is 66.9 Å². The molecular formula is C40H47N3O7. The molecule has 3 amide bonds. The summed E-state index contributed by atoms with van der Waals surface area (Å²) in [5.41, 5.74) is 5.40. The van der Waals surface area contributed by atoms with Gasteiger partial charge in [0.2, 0.25) is 11.8 Å². The van der Waals surface area contributed by atoms with E-state index in [-0.39, 0.29) is 56.3 Å². The van der Waals surface area contributed by atoms with Gasteiger partial charge in [0.1, 0.15) is 19.3 Å². The van der Waals surface area contributed by atoms with Crippen molar-refractivity contribution in [1.29, 1.82) is 0 Å². The van der Waals surface area contributed by atoms with Crippen molar-refractivity contribution in [1.82, 2.24) is 16.0 Å². The smallest absolute Gasteiger partial charge is 0.407 e. The Labute approximate surface area is 293 Å². The van der Waals surface area contributed by atoms with Crippen LogP contribution >= 0.6 is 0 Å². The van der Waals surface area contributed by atoms with E-state index in [0.29, 0.717) is 19.3 Å². The summed E-state index contributed by atoms with van der Waals surface area (Å²) in [5.74, 6) is -2.15. The van der Waals surface area contributed by atoms with E-state index in [9.17, 15) is 24.3 Å². The molecule has 0 saturated heterocycles. The number of carbonyl (C=O) groups is 4. The standard InChI is InChI=1S/C40H47N3O7/c1-26(2)36-25-49-39(47)35(43-40(48)50-24-34-32-18-11-9-16-30(32)31-17-10-12-19-33(31)34)20-8-4-7-15-28(38(46)42-36)22-37(45)41-29(23-44)21-27-13-5-3-6-14-27/h3-7,9-14,16-19,26,28-29,34-36,44H,8,15,20-25H2,1-2H3,(H,41,45)(H,42,46)(H,43,48). The molecule has 0 radical (unpaired) electrons. The number of hydrogen-bond donors (Lipinski definition) is 4. The van der Waals surface area contributed by atoms with Crippen molar-refractivity contribution in [2.24, 2.45) is 11.8 Å². The third kappa shape index (κ3) is 9.59. The summed E-state index contributed by atoms with van der Waals surface area (Å²) >= 11 is 0. The third-order valence-corrected chi connectivity index (χ3v) is 9.38. The van der Waals surface area contributed by atoms with Crippen LogP contribution in [0.1, 0.15) is 62.1 Å². The summed E-state index contributed by atoms with van der Waals surface area (Å²) in [5, 5.41) is 18.4. The minimum Gasteiger partial charge on any atom is -0.462 e. The van der Waals surface area contributed by atoms with Crippen molar-refractivity contribution >= 4 is 23.9 Å². The molecule has 264 valence electrons. The van der Waals surface area contributed by atoms with E-state index in [0.717, 1.165) is 27.8 Å². The largest absolute Gasteiger partial charge is 0.462 e. The number of esters is 1. The Morgan fingerprint density at radius 1 is 0.940 bits per heavy atom. The average molecular weight is 682 g/mol. The Balaban J connectivity index is 1.20. The summed E-state index contributed by atoms with van der Waals surface area (Å²) in [6, 6.07) is 23.7. The lowest BCUT2D eigenvalue weighted by molar-refractivity contribution is -0.148. The lowest BCUT2D eigenvalue weighted by Gasteiger charge is -2.26. The molecule has 10 heteroatoms. The van der Waals surface area contributed by atoms with Gasteiger partial charge in [-0.15, -0.1) is 0 Å². The Morgan fingerprint density at radius 2 is 1.60 bits per heavy atom. The molecule has 3 aromatic carbocycles. The van der Waals surface area contributed by atoms with Gasteiger partial charge in [-0.2, -0.15) is 0 Å². The zero-order valence-electron chi connectivity index (χ0n) is 28.7. The number of cyclic esters (lactones) is 1. The molecule has 3 aromatic rings. The van der Waals surface area contributed by atoms with Gasteiger partial charge in [0, 0.05) is 12.3 Å². The lowest BCUT2D eigenvalue weighted by Crippen LogP contribution is -2.48. The molecule has 0 aromatic heterocycles. The van der Waals surface area contributed by atoms with Crippen molar-refractivity contribution < 1.29 is 33.8 Å². The number of amides is 3. The van der Waals surface area contributed by atoms with Crippen LogP contribution in [0.3, 0.4) is 0 Å². The number of alkyl carbamates (subject to hydrolysis) is 1. The average Bonchev–Trinajstić information content (AvgIpc) is 3.44. The Hall–Kier alpha value is -4.96. The molecule has 5 rings (SSSR count). The van der Waals surface area contributed by atoms with Crippen LogP contribution in [0.15, 0.2) is 91.0 Å². The van der Waals surface area contributed by atoms with E-state index >= 15 is 0 Å². The van der Waals surface area contributed by atoms with Gasteiger partial charge >= 0.3 is 12.1 Å². The predicted molar refractivity (Wildman–Crippen MR) is 190 cm³/mol. The summed E-state index contributed by atoms with van der Waals surface area (Å²) < 4.78 is 11.3. The zero-order chi connectivity index (χ0) is 35.5. The number of ether oxygens (including phenoxy) is 2. The van der Waals surface area contributed by atoms with E-state index in [1.807, 2.05) is 92.7 Å². The van der Waals surface area contributed by atoms with Crippen LogP contribution in [0.4, 0.5) is 4.79 Å². The highest BCUT2D eigenvalue weighted by Crippen LogP contribution is 2.44. The number of aliphatic hydroxyl groups excluding tert-OH is 1. The van der Waals surface area contributed by atoms with Gasteiger partial charge in [-0.1, -0.05) is 105 Å². The molecule has 4 unspecified atom stereocenters. The molecule has 1 heterocycles. The fraction of sp³-hybridized carbons (Fsp3) is 0.400. The van der Waals surface area contributed by atoms with E-state index in [1.165, 1.54) is 0 Å². The van der Waals surface area contributed by atoms with Crippen LogP contribution in [-0.2, 0) is 30.3 Å². The van der Waals surface area contributed by atoms with Crippen LogP contribution in [0.25, 0.3) is 11.1 Å². The van der Waals surface area contributed by atoms with Gasteiger partial charge in [0.25, 0.3) is 0 Å². The van der Waals surface area contributed by atoms with Gasteiger partial charge in [-0.05, 0) is 59.4 Å². The highest BCUT2D eigenvalue weighted by Gasteiger charge is 2.31. The van der Waals surface area contributed by atoms with E-state index < -0.39 is 36.1 Å². The molecule has 4 atom stereocenters. The minimum atomic E-state index is -0.957. The second-order valence-corrected chi connectivity index (χ2v) is 13.3. The first-order valence-corrected chi connectivity index (χ1v) is 17.4. The molecule has 1 aliphatic carbocycles. The molecule has 0 saturated carbocycles. The monoisotopic (exact) mass is 681 g/mol. The molecule has 10 nitrogen and oxygen atoms in total. The minimum absolute atomic E-state index is 0.0714. The van der Waals surface area contributed by atoms with Gasteiger partial charge in [-0.25, -0.2) is 9.59 Å². The molecule has 2 aliphatic rings. The zero-order valence-corrected chi connectivity index (χ0v) is 28.7. The number of aliphatic hydroxyl groups is 1. The van der Waals surface area contributed by atoms with Crippen molar-refractivity contribution in [2.75, 3.05) is 19.8 Å². The Kier molecular flexibility index (Phi) is 12.8. The van der Waals surface area contributed by atoms with E-state index in [2.05, 4.69) is 28.1 Å². The molecular weight excluding hydrogens is 634 g/mol. The van der Waals surface area contributed by atoms with Gasteiger partial charge < -0.3 is 30.5 Å². The van der Waals surface area contributed by atoms with Gasteiger partial charge in [0.05, 0.1) is 24.6 Å². The number of nitrogens with one attached hydrogen (secondary N) is 3. The molecule has 0 fully saturated rings. The van der Waals surface area contributed by atoms with E-state index in [1.54, 1.807) is 0 Å². The number of hydrogen-bond acceptors (Lipinski definition) is 7. The van der Waals surface area contributed by atoms with Crippen molar-refractivity contribution in [3.63, 3.8) is 0 Å². The molecule has 1 aliphatic heterocycles. The van der Waals surface area contributed by atoms with Crippen molar-refractivity contribution in [3.8, 4) is 11.1 Å². The van der Waals surface area contributed by atoms with Gasteiger partial charge in [-0.3, -0.25) is 9.59 Å². The first-order valence-electron chi connectivity index (χ1n) is 17.4. The van der Waals surface area contributed by atoms with Crippen LogP contribution < -0.4 is 16.0 Å². The van der Waals surface area contributed by atoms with Crippen LogP contribution in [0.5, 0.6) is 0 Å². The lowest BCUT2D eigenvalue weighted by atomic mass is 9.96. The first kappa shape index (κ1) is 36.3. The second-order valence-electron chi connectivity index (χ2n) is 13.3. The SMILES string of the molecule is CC(C)C1COC(=O)C(NC(=O)OCC2c3ccccc3-c3ccccc32)CCC=CCC(CC(=O)NC(CO)Cc2ccccc2)C(=O)N1. The van der Waals surface area contributed by atoms with Crippen molar-refractivity contribution in [3.05, 3.63) is 108 Å². The maximum Gasteiger partial charge on any atom is 0.407 e. The quantitative estimate of drug-likeness (QED) is 0.173. The second kappa shape index (κ2) is 17.6. The number of carbonyl (C=O) groups excluding carboxylic acids is 4. The highest BCUT2D eigenvalue weighted by molar-refractivity contribution is 5.86. The number of rotatable bonds is 10. The van der Waals surface area contributed by atoms with Crippen molar-refractivity contribution in [2.45, 2.75) is 70.0 Å². The number of benzene rings is 3. The fourth-order valence-electron chi connectivity index (χ4n) is 6.50. The van der Waals surface area contributed by atoms with Gasteiger partial charge in [0.15, 0.2) is 0 Å². The number of fused-ring (bicyclic) bond motifs is 3. The fourth-order valence-corrected chi connectivity index (χ4v) is 6.50. The summed E-state index contributed by atoms with van der Waals surface area (Å²) in [7, 11) is 0. The molecule has 0 spiro atoms. The van der Waals surface area contributed by atoms with Crippen LogP contribution in [0.2, 0.25) is 0 Å². The van der Waals surface area contributed by atoms with E-state index in [4.69, 9.17) is 9.47 Å². The predicted octanol–water partition coefficient (Wildman–Crippen LogP) is 5.04. The van der Waals surface area contributed by atoms with Crippen LogP contribution in [0, 0.1) is 11.8 Å².